The molecule has 1 aliphatic heterocycles. The molecule has 4 aromatic rings. The minimum Gasteiger partial charge on any atom is -0.398 e. The second kappa shape index (κ2) is 7.05. The van der Waals surface area contributed by atoms with Gasteiger partial charge >= 0.3 is 0 Å². The zero-order chi connectivity index (χ0) is 20.0. The minimum atomic E-state index is -3.38. The lowest BCUT2D eigenvalue weighted by molar-refractivity contribution is 0.496. The molecule has 3 N–H and O–H groups in total. The average Bonchev–Trinajstić information content (AvgIpc) is 3.22. The summed E-state index contributed by atoms with van der Waals surface area (Å²) in [5.41, 5.74) is 12.0. The van der Waals surface area contributed by atoms with Gasteiger partial charge in [0.05, 0.1) is 37.1 Å². The molecule has 8 heteroatoms. The number of aromatic nitrogens is 2. The van der Waals surface area contributed by atoms with Crippen molar-refractivity contribution in [2.45, 2.75) is 23.0 Å². The highest BCUT2D eigenvalue weighted by molar-refractivity contribution is 7.92. The number of nitrogens with one attached hydrogen (secondary N) is 1. The molecule has 148 valence electrons. The Morgan fingerprint density at radius 2 is 1.86 bits per heavy atom. The molecule has 29 heavy (non-hydrogen) atoms. The zero-order valence-electron chi connectivity index (χ0n) is 15.6. The van der Waals surface area contributed by atoms with Gasteiger partial charge < -0.3 is 11.1 Å². The van der Waals surface area contributed by atoms with E-state index in [1.165, 1.54) is 0 Å². The highest BCUT2D eigenvalue weighted by Gasteiger charge is 2.29. The van der Waals surface area contributed by atoms with E-state index in [1.54, 1.807) is 35.6 Å². The predicted octanol–water partition coefficient (Wildman–Crippen LogP) is 3.62. The van der Waals surface area contributed by atoms with Gasteiger partial charge in [0.25, 0.3) is 0 Å². The summed E-state index contributed by atoms with van der Waals surface area (Å²) in [6.45, 7) is 1.46. The predicted molar refractivity (Wildman–Crippen MR) is 118 cm³/mol. The van der Waals surface area contributed by atoms with Crippen LogP contribution in [0.3, 0.4) is 0 Å². The van der Waals surface area contributed by atoms with Gasteiger partial charge in [0.2, 0.25) is 0 Å². The van der Waals surface area contributed by atoms with Crippen LogP contribution in [0.4, 0.5) is 5.69 Å². The highest BCUT2D eigenvalue weighted by atomic mass is 32.2. The van der Waals surface area contributed by atoms with E-state index in [2.05, 4.69) is 10.3 Å². The third kappa shape index (κ3) is 3.27. The Bertz CT molecular complexity index is 1330. The summed E-state index contributed by atoms with van der Waals surface area (Å²) in [6, 6.07) is 12.9. The van der Waals surface area contributed by atoms with Gasteiger partial charge in [-0.05, 0) is 62.3 Å². The van der Waals surface area contributed by atoms with Crippen LogP contribution < -0.4 is 11.1 Å². The Labute approximate surface area is 172 Å². The number of nitrogen functional groups attached to an aromatic ring is 1. The van der Waals surface area contributed by atoms with Crippen molar-refractivity contribution in [2.75, 3.05) is 18.8 Å². The number of piperidine rings is 1. The van der Waals surface area contributed by atoms with E-state index in [1.807, 2.05) is 23.7 Å². The summed E-state index contributed by atoms with van der Waals surface area (Å²) in [7, 11) is -3.38. The number of sulfone groups is 1. The maximum atomic E-state index is 13.0. The summed E-state index contributed by atoms with van der Waals surface area (Å²) < 4.78 is 27.2. The third-order valence-electron chi connectivity index (χ3n) is 5.49. The van der Waals surface area contributed by atoms with Gasteiger partial charge in [-0.3, -0.25) is 0 Å². The van der Waals surface area contributed by atoms with E-state index in [0.717, 1.165) is 34.6 Å². The van der Waals surface area contributed by atoms with E-state index in [0.29, 0.717) is 34.3 Å². The molecule has 0 aliphatic carbocycles. The van der Waals surface area contributed by atoms with Crippen LogP contribution in [0.5, 0.6) is 0 Å². The van der Waals surface area contributed by atoms with Crippen molar-refractivity contribution in [3.63, 3.8) is 0 Å². The van der Waals surface area contributed by atoms with Crippen molar-refractivity contribution < 1.29 is 8.42 Å². The van der Waals surface area contributed by atoms with Gasteiger partial charge in [-0.2, -0.15) is 0 Å². The number of nitrogens with zero attached hydrogens (tertiary/aromatic N) is 2. The van der Waals surface area contributed by atoms with Crippen LogP contribution in [0.1, 0.15) is 12.8 Å². The molecule has 2 aromatic heterocycles. The molecule has 0 radical (unpaired) electrons. The van der Waals surface area contributed by atoms with Crippen LogP contribution in [0.15, 0.2) is 52.9 Å². The number of hydrogen-bond donors (Lipinski definition) is 2. The monoisotopic (exact) mass is 424 g/mol. The molecule has 0 atom stereocenters. The topological polar surface area (TPSA) is 98.0 Å². The van der Waals surface area contributed by atoms with Crippen LogP contribution in [0, 0.1) is 0 Å². The molecule has 6 nitrogen and oxygen atoms in total. The number of nitrogens with two attached hydrogens (primary N) is 1. The van der Waals surface area contributed by atoms with Crippen molar-refractivity contribution in [2.24, 2.45) is 0 Å². The Hall–Kier alpha value is -2.55. The van der Waals surface area contributed by atoms with Crippen molar-refractivity contribution in [1.82, 2.24) is 15.3 Å². The standard InChI is InChI=1S/C21H20N4O2S2/c22-17-11-19(13-1-4-21-20(9-13)24-12-28-21)25-18-3-2-15(10-16(17)18)29(26,27)14-5-7-23-8-6-14/h1-4,9-12,14,23H,5-8H2,(H2,22,25). The van der Waals surface area contributed by atoms with Gasteiger partial charge in [0, 0.05) is 16.6 Å². The molecule has 0 amide bonds. The molecule has 1 fully saturated rings. The average molecular weight is 425 g/mol. The van der Waals surface area contributed by atoms with Crippen molar-refractivity contribution in [1.29, 1.82) is 0 Å². The summed E-state index contributed by atoms with van der Waals surface area (Å²) in [5, 5.41) is 3.53. The molecular weight excluding hydrogens is 404 g/mol. The van der Waals surface area contributed by atoms with E-state index in [9.17, 15) is 8.42 Å². The maximum Gasteiger partial charge on any atom is 0.181 e. The van der Waals surface area contributed by atoms with E-state index >= 15 is 0 Å². The van der Waals surface area contributed by atoms with Crippen molar-refractivity contribution >= 4 is 48.0 Å². The van der Waals surface area contributed by atoms with Crippen LogP contribution in [0.25, 0.3) is 32.4 Å². The van der Waals surface area contributed by atoms with Gasteiger partial charge in [-0.1, -0.05) is 6.07 Å². The zero-order valence-corrected chi connectivity index (χ0v) is 17.3. The first-order chi connectivity index (χ1) is 14.0. The molecule has 1 saturated heterocycles. The van der Waals surface area contributed by atoms with Gasteiger partial charge in [-0.25, -0.2) is 18.4 Å². The lowest BCUT2D eigenvalue weighted by Crippen LogP contribution is -2.35. The van der Waals surface area contributed by atoms with E-state index in [-0.39, 0.29) is 5.25 Å². The van der Waals surface area contributed by atoms with Crippen LogP contribution in [-0.2, 0) is 9.84 Å². The van der Waals surface area contributed by atoms with E-state index in [4.69, 9.17) is 10.7 Å². The highest BCUT2D eigenvalue weighted by Crippen LogP contribution is 2.32. The smallest absolute Gasteiger partial charge is 0.181 e. The fraction of sp³-hybridized carbons (Fsp3) is 0.238. The van der Waals surface area contributed by atoms with Crippen LogP contribution in [0.2, 0.25) is 0 Å². The van der Waals surface area contributed by atoms with Crippen LogP contribution in [-0.4, -0.2) is 36.7 Å². The van der Waals surface area contributed by atoms with E-state index < -0.39 is 9.84 Å². The maximum absolute atomic E-state index is 13.0. The molecular formula is C21H20N4O2S2. The molecule has 0 saturated carbocycles. The Balaban J connectivity index is 1.57. The summed E-state index contributed by atoms with van der Waals surface area (Å²) >= 11 is 1.60. The Morgan fingerprint density at radius 3 is 2.69 bits per heavy atom. The number of pyridine rings is 1. The normalized spacial score (nSPS) is 15.9. The third-order valence-corrected chi connectivity index (χ3v) is 8.56. The number of thiazole rings is 1. The van der Waals surface area contributed by atoms with Gasteiger partial charge in [0.1, 0.15) is 0 Å². The van der Waals surface area contributed by atoms with Gasteiger partial charge in [-0.15, -0.1) is 11.3 Å². The molecule has 3 heterocycles. The molecule has 2 aromatic carbocycles. The molecule has 0 unspecified atom stereocenters. The number of anilines is 1. The second-order valence-electron chi connectivity index (χ2n) is 7.30. The molecule has 5 rings (SSSR count). The SMILES string of the molecule is Nc1cc(-c2ccc3scnc3c2)nc2ccc(S(=O)(=O)C3CCNCC3)cc12. The fourth-order valence-corrected chi connectivity index (χ4v) is 6.31. The first kappa shape index (κ1) is 18.5. The fourth-order valence-electron chi connectivity index (χ4n) is 3.87. The minimum absolute atomic E-state index is 0.321. The van der Waals surface area contributed by atoms with Crippen molar-refractivity contribution in [3.05, 3.63) is 48.0 Å². The first-order valence-electron chi connectivity index (χ1n) is 9.51. The Kier molecular flexibility index (Phi) is 4.49. The lowest BCUT2D eigenvalue weighted by Gasteiger charge is -2.23. The van der Waals surface area contributed by atoms with Crippen LogP contribution >= 0.6 is 11.3 Å². The number of benzene rings is 2. The number of rotatable bonds is 3. The summed E-state index contributed by atoms with van der Waals surface area (Å²) in [4.78, 5) is 9.41. The van der Waals surface area contributed by atoms with Crippen molar-refractivity contribution in [3.8, 4) is 11.3 Å². The number of fused-ring (bicyclic) bond motifs is 2. The molecule has 1 aliphatic rings. The largest absolute Gasteiger partial charge is 0.398 e. The summed E-state index contributed by atoms with van der Waals surface area (Å²) in [6.07, 6.45) is 1.26. The molecule has 0 spiro atoms. The first-order valence-corrected chi connectivity index (χ1v) is 11.9. The quantitative estimate of drug-likeness (QED) is 0.521. The molecule has 0 bridgehead atoms. The lowest BCUT2D eigenvalue weighted by atomic mass is 10.1. The Morgan fingerprint density at radius 1 is 1.03 bits per heavy atom. The number of hydrogen-bond acceptors (Lipinski definition) is 7. The summed E-state index contributed by atoms with van der Waals surface area (Å²) in [5.74, 6) is 0. The second-order valence-corrected chi connectivity index (χ2v) is 10.4. The van der Waals surface area contributed by atoms with Gasteiger partial charge in [0.15, 0.2) is 9.84 Å².